The number of hydrogen-bond donors (Lipinski definition) is 2. The van der Waals surface area contributed by atoms with Crippen molar-refractivity contribution < 1.29 is 23.8 Å². The van der Waals surface area contributed by atoms with Crippen molar-refractivity contribution in [3.63, 3.8) is 0 Å². The van der Waals surface area contributed by atoms with E-state index in [4.69, 9.17) is 14.6 Å². The van der Waals surface area contributed by atoms with E-state index in [1.807, 2.05) is 30.3 Å². The van der Waals surface area contributed by atoms with Crippen molar-refractivity contribution in [2.75, 3.05) is 13.2 Å². The molecule has 7 heteroatoms. The van der Waals surface area contributed by atoms with Gasteiger partial charge in [0.2, 0.25) is 0 Å². The third-order valence-corrected chi connectivity index (χ3v) is 6.74. The van der Waals surface area contributed by atoms with Crippen LogP contribution in [0.5, 0.6) is 11.5 Å². The van der Waals surface area contributed by atoms with Gasteiger partial charge in [-0.2, -0.15) is 0 Å². The molecule has 0 aliphatic carbocycles. The molecule has 0 amide bonds. The average Bonchev–Trinajstić information content (AvgIpc) is 2.90. The summed E-state index contributed by atoms with van der Waals surface area (Å²) in [5, 5.41) is 14.9. The minimum absolute atomic E-state index is 0. The van der Waals surface area contributed by atoms with Crippen LogP contribution in [0.15, 0.2) is 84.9 Å². The van der Waals surface area contributed by atoms with Crippen LogP contribution in [0.25, 0.3) is 10.8 Å². The largest absolute Gasteiger partial charge is 0.489 e. The number of halogens is 2. The van der Waals surface area contributed by atoms with Crippen LogP contribution in [0.3, 0.4) is 0 Å². The summed E-state index contributed by atoms with van der Waals surface area (Å²) in [7, 11) is 0. The van der Waals surface area contributed by atoms with Gasteiger partial charge < -0.3 is 19.9 Å². The number of para-hydroxylation sites is 1. The summed E-state index contributed by atoms with van der Waals surface area (Å²) in [5.41, 5.74) is 3.05. The third kappa shape index (κ3) is 5.87. The fraction of sp³-hybridized carbons (Fsp3) is 0.233. The molecule has 1 heterocycles. The second-order valence-electron chi connectivity index (χ2n) is 9.14. The second kappa shape index (κ2) is 11.6. The Balaban J connectivity index is 0.00000320. The van der Waals surface area contributed by atoms with Crippen molar-refractivity contribution in [2.45, 2.75) is 31.4 Å². The monoisotopic (exact) mass is 521 g/mol. The summed E-state index contributed by atoms with van der Waals surface area (Å²) >= 11 is 0. The molecule has 1 aliphatic heterocycles. The summed E-state index contributed by atoms with van der Waals surface area (Å²) in [6.07, 6.45) is 0.578. The Morgan fingerprint density at radius 3 is 2.65 bits per heavy atom. The maximum atomic E-state index is 14.7. The van der Waals surface area contributed by atoms with Gasteiger partial charge in [-0.1, -0.05) is 66.7 Å². The van der Waals surface area contributed by atoms with E-state index in [0.717, 1.165) is 16.9 Å². The summed E-state index contributed by atoms with van der Waals surface area (Å²) in [5.74, 6) is -1.05. The summed E-state index contributed by atoms with van der Waals surface area (Å²) < 4.78 is 26.1. The van der Waals surface area contributed by atoms with Gasteiger partial charge in [-0.25, -0.2) is 9.18 Å². The lowest BCUT2D eigenvalue weighted by molar-refractivity contribution is -0.139. The first-order valence-corrected chi connectivity index (χ1v) is 12.1. The fourth-order valence-corrected chi connectivity index (χ4v) is 4.97. The Kier molecular flexibility index (Phi) is 8.31. The minimum atomic E-state index is -1.15. The van der Waals surface area contributed by atoms with Crippen molar-refractivity contribution in [3.05, 3.63) is 107 Å². The lowest BCUT2D eigenvalue weighted by Crippen LogP contribution is -2.37. The van der Waals surface area contributed by atoms with Crippen molar-refractivity contribution in [3.8, 4) is 11.5 Å². The van der Waals surface area contributed by atoms with Gasteiger partial charge in [-0.3, -0.25) is 0 Å². The highest BCUT2D eigenvalue weighted by Gasteiger charge is 2.30. The van der Waals surface area contributed by atoms with E-state index in [1.165, 1.54) is 28.5 Å². The normalized spacial score (nSPS) is 17.2. The third-order valence-electron chi connectivity index (χ3n) is 6.74. The van der Waals surface area contributed by atoms with Crippen molar-refractivity contribution in [1.29, 1.82) is 0 Å². The maximum absolute atomic E-state index is 14.7. The van der Waals surface area contributed by atoms with Gasteiger partial charge in [0.05, 0.1) is 0 Å². The molecule has 0 fully saturated rings. The Bertz CT molecular complexity index is 1390. The van der Waals surface area contributed by atoms with Crippen LogP contribution in [0.4, 0.5) is 4.39 Å². The zero-order valence-electron chi connectivity index (χ0n) is 20.4. The number of rotatable bonds is 8. The van der Waals surface area contributed by atoms with Gasteiger partial charge in [0, 0.05) is 24.1 Å². The Morgan fingerprint density at radius 2 is 1.84 bits per heavy atom. The number of nitrogens with one attached hydrogen (secondary N) is 1. The van der Waals surface area contributed by atoms with E-state index in [9.17, 15) is 9.18 Å². The highest BCUT2D eigenvalue weighted by molar-refractivity contribution is 5.86. The zero-order valence-corrected chi connectivity index (χ0v) is 21.2. The standard InChI is InChI=1S/C30H28FNO4.ClH/c1-19(23-11-6-8-20-7-2-3-9-24(20)23)32-17-22-16-26(25-10-4-5-12-28(25)36-22)21-13-14-29(27(31)15-21)35-18-30(33)34;/h2-15,19,22,26,32H,16-18H2,1H3,(H,33,34);1H/t19-,22-,26-;/m1./s1. The van der Waals surface area contributed by atoms with Crippen LogP contribution >= 0.6 is 12.4 Å². The molecule has 4 aromatic carbocycles. The van der Waals surface area contributed by atoms with Crippen LogP contribution in [0.1, 0.15) is 42.0 Å². The topological polar surface area (TPSA) is 67.8 Å². The number of carbonyl (C=O) groups is 1. The minimum Gasteiger partial charge on any atom is -0.489 e. The van der Waals surface area contributed by atoms with Gasteiger partial charge in [0.25, 0.3) is 0 Å². The molecule has 0 spiro atoms. The molecule has 37 heavy (non-hydrogen) atoms. The van der Waals surface area contributed by atoms with Gasteiger partial charge in [0.15, 0.2) is 18.2 Å². The SMILES string of the molecule is C[C@@H](NC[C@H]1C[C@H](c2ccc(OCC(=O)O)c(F)c2)c2ccccc2O1)c1cccc2ccccc12.Cl. The Hall–Kier alpha value is -3.61. The van der Waals surface area contributed by atoms with E-state index in [2.05, 4.69) is 48.6 Å². The summed E-state index contributed by atoms with van der Waals surface area (Å²) in [4.78, 5) is 10.8. The van der Waals surface area contributed by atoms with E-state index < -0.39 is 18.4 Å². The molecule has 0 aromatic heterocycles. The second-order valence-corrected chi connectivity index (χ2v) is 9.14. The zero-order chi connectivity index (χ0) is 25.1. The molecule has 2 N–H and O–H groups in total. The first kappa shape index (κ1) is 26.5. The molecule has 192 valence electrons. The van der Waals surface area contributed by atoms with Gasteiger partial charge in [-0.05, 0) is 53.4 Å². The summed E-state index contributed by atoms with van der Waals surface area (Å²) in [6, 6.07) is 27.4. The van der Waals surface area contributed by atoms with Gasteiger partial charge in [-0.15, -0.1) is 12.4 Å². The molecule has 0 bridgehead atoms. The predicted octanol–water partition coefficient (Wildman–Crippen LogP) is 6.50. The molecule has 4 aromatic rings. The van der Waals surface area contributed by atoms with E-state index in [-0.39, 0.29) is 36.2 Å². The first-order valence-electron chi connectivity index (χ1n) is 12.1. The van der Waals surface area contributed by atoms with Crippen LogP contribution in [0, 0.1) is 5.82 Å². The van der Waals surface area contributed by atoms with Crippen molar-refractivity contribution in [2.24, 2.45) is 0 Å². The Morgan fingerprint density at radius 1 is 1.08 bits per heavy atom. The number of benzene rings is 4. The van der Waals surface area contributed by atoms with E-state index >= 15 is 0 Å². The highest BCUT2D eigenvalue weighted by atomic mass is 35.5. The number of carboxylic acids is 1. The number of ether oxygens (including phenoxy) is 2. The molecule has 3 atom stereocenters. The summed E-state index contributed by atoms with van der Waals surface area (Å²) in [6.45, 7) is 2.21. The van der Waals surface area contributed by atoms with Gasteiger partial charge >= 0.3 is 5.97 Å². The average molecular weight is 522 g/mol. The lowest BCUT2D eigenvalue weighted by atomic mass is 9.84. The molecule has 5 nitrogen and oxygen atoms in total. The molecule has 1 aliphatic rings. The molecule has 0 saturated carbocycles. The number of hydrogen-bond acceptors (Lipinski definition) is 4. The van der Waals surface area contributed by atoms with E-state index in [0.29, 0.717) is 13.0 Å². The Labute approximate surface area is 221 Å². The van der Waals surface area contributed by atoms with Crippen LogP contribution < -0.4 is 14.8 Å². The molecule has 0 unspecified atom stereocenters. The molecule has 5 rings (SSSR count). The maximum Gasteiger partial charge on any atom is 0.341 e. The van der Waals surface area contributed by atoms with Crippen molar-refractivity contribution >= 4 is 29.1 Å². The van der Waals surface area contributed by atoms with Crippen LogP contribution in [-0.4, -0.2) is 30.3 Å². The number of carboxylic acid groups (broad SMARTS) is 1. The number of fused-ring (bicyclic) bond motifs is 2. The quantitative estimate of drug-likeness (QED) is 0.277. The van der Waals surface area contributed by atoms with Crippen molar-refractivity contribution in [1.82, 2.24) is 5.32 Å². The molecular weight excluding hydrogens is 493 g/mol. The van der Waals surface area contributed by atoms with E-state index in [1.54, 1.807) is 6.07 Å². The molecule has 0 radical (unpaired) electrons. The molecule has 0 saturated heterocycles. The number of aliphatic carboxylic acids is 1. The predicted molar refractivity (Wildman–Crippen MR) is 144 cm³/mol. The van der Waals surface area contributed by atoms with Crippen LogP contribution in [0.2, 0.25) is 0 Å². The van der Waals surface area contributed by atoms with Gasteiger partial charge in [0.1, 0.15) is 11.9 Å². The smallest absolute Gasteiger partial charge is 0.341 e. The first-order chi connectivity index (χ1) is 17.5. The van der Waals surface area contributed by atoms with Crippen LogP contribution in [-0.2, 0) is 4.79 Å². The lowest BCUT2D eigenvalue weighted by Gasteiger charge is -2.33. The fourth-order valence-electron chi connectivity index (χ4n) is 4.97. The highest BCUT2D eigenvalue weighted by Crippen LogP contribution is 2.41. The molecular formula is C30H29ClFNO4.